The Morgan fingerprint density at radius 1 is 1.07 bits per heavy atom. The Bertz CT molecular complexity index is 928. The van der Waals surface area contributed by atoms with Crippen molar-refractivity contribution in [2.45, 2.75) is 31.8 Å². The van der Waals surface area contributed by atoms with E-state index in [-0.39, 0.29) is 29.0 Å². The molecule has 2 heterocycles. The van der Waals surface area contributed by atoms with Crippen LogP contribution < -0.4 is 15.4 Å². The summed E-state index contributed by atoms with van der Waals surface area (Å²) in [7, 11) is 0. The van der Waals surface area contributed by atoms with Crippen molar-refractivity contribution >= 4 is 34.9 Å². The molecule has 9 heteroatoms. The van der Waals surface area contributed by atoms with Crippen LogP contribution in [0.4, 0.5) is 20.6 Å². The number of aromatic nitrogens is 1. The molecule has 0 bridgehead atoms. The number of urea groups is 1. The molecule has 2 aromatic rings. The predicted molar refractivity (Wildman–Crippen MR) is 111 cm³/mol. The van der Waals surface area contributed by atoms with Crippen molar-refractivity contribution in [2.24, 2.45) is 5.92 Å². The largest absolute Gasteiger partial charge is 0.474 e. The summed E-state index contributed by atoms with van der Waals surface area (Å²) in [5, 5.41) is 5.53. The Morgan fingerprint density at radius 3 is 2.43 bits per heavy atom. The maximum atomic E-state index is 13.2. The number of piperidine rings is 1. The number of halogens is 2. The van der Waals surface area contributed by atoms with Crippen molar-refractivity contribution in [3.63, 3.8) is 0 Å². The van der Waals surface area contributed by atoms with Crippen molar-refractivity contribution < 1.29 is 18.7 Å². The van der Waals surface area contributed by atoms with E-state index in [1.54, 1.807) is 23.2 Å². The highest BCUT2D eigenvalue weighted by atomic mass is 35.5. The van der Waals surface area contributed by atoms with E-state index in [0.29, 0.717) is 43.2 Å². The van der Waals surface area contributed by atoms with Crippen LogP contribution in [-0.4, -0.2) is 41.0 Å². The van der Waals surface area contributed by atoms with E-state index < -0.39 is 5.82 Å². The summed E-state index contributed by atoms with van der Waals surface area (Å²) in [6, 6.07) is 7.32. The smallest absolute Gasteiger partial charge is 0.321 e. The molecule has 1 aliphatic carbocycles. The summed E-state index contributed by atoms with van der Waals surface area (Å²) in [4.78, 5) is 30.1. The number of amides is 3. The normalized spacial score (nSPS) is 16.8. The summed E-state index contributed by atoms with van der Waals surface area (Å²) >= 11 is 5.75. The first-order valence-electron chi connectivity index (χ1n) is 9.92. The number of benzene rings is 1. The van der Waals surface area contributed by atoms with Crippen LogP contribution in [0, 0.1) is 11.7 Å². The molecule has 1 aliphatic heterocycles. The van der Waals surface area contributed by atoms with Crippen LogP contribution in [0.5, 0.6) is 5.88 Å². The van der Waals surface area contributed by atoms with Gasteiger partial charge in [0.2, 0.25) is 11.8 Å². The molecule has 2 N–H and O–H groups in total. The summed E-state index contributed by atoms with van der Waals surface area (Å²) < 4.78 is 19.1. The van der Waals surface area contributed by atoms with Crippen LogP contribution in [0.2, 0.25) is 5.02 Å². The monoisotopic (exact) mass is 432 g/mol. The van der Waals surface area contributed by atoms with Gasteiger partial charge in [-0.15, -0.1) is 0 Å². The molecule has 1 aromatic carbocycles. The summed E-state index contributed by atoms with van der Waals surface area (Å²) in [5.41, 5.74) is 1.11. The van der Waals surface area contributed by atoms with E-state index in [9.17, 15) is 14.0 Å². The van der Waals surface area contributed by atoms with Gasteiger partial charge in [0, 0.05) is 43.6 Å². The van der Waals surface area contributed by atoms with E-state index in [1.807, 2.05) is 0 Å². The Balaban J connectivity index is 1.23. The fourth-order valence-corrected chi connectivity index (χ4v) is 3.42. The SMILES string of the molecule is O=C(Nc1ccc(OC2CCN(C(=O)Nc3ccc(F)c(Cl)c3)CC2)nc1)C1CC1. The molecule has 30 heavy (non-hydrogen) atoms. The number of hydrogen-bond acceptors (Lipinski definition) is 4. The van der Waals surface area contributed by atoms with Crippen LogP contribution in [-0.2, 0) is 4.79 Å². The van der Waals surface area contributed by atoms with Gasteiger partial charge in [0.05, 0.1) is 16.9 Å². The second-order valence-electron chi connectivity index (χ2n) is 7.51. The van der Waals surface area contributed by atoms with Crippen molar-refractivity contribution in [2.75, 3.05) is 23.7 Å². The highest BCUT2D eigenvalue weighted by Gasteiger charge is 2.29. The average molecular weight is 433 g/mol. The lowest BCUT2D eigenvalue weighted by Gasteiger charge is -2.32. The molecule has 158 valence electrons. The standard InChI is InChI=1S/C21H22ClFN4O3/c22-17-11-14(3-5-18(17)23)26-21(29)27-9-7-16(8-10-27)30-19-6-4-15(12-24-19)25-20(28)13-1-2-13/h3-6,11-13,16H,1-2,7-10H2,(H,25,28)(H,26,29). The molecule has 1 saturated carbocycles. The minimum absolute atomic E-state index is 0.0365. The number of carbonyl (C=O) groups excluding carboxylic acids is 2. The number of anilines is 2. The molecule has 0 unspecified atom stereocenters. The quantitative estimate of drug-likeness (QED) is 0.737. The predicted octanol–water partition coefficient (Wildman–Crippen LogP) is 4.30. The van der Waals surface area contributed by atoms with Crippen molar-refractivity contribution in [3.05, 3.63) is 47.4 Å². The second kappa shape index (κ2) is 8.87. The van der Waals surface area contributed by atoms with Crippen LogP contribution in [0.1, 0.15) is 25.7 Å². The van der Waals surface area contributed by atoms with Crippen molar-refractivity contribution in [1.29, 1.82) is 0 Å². The molecule has 1 aromatic heterocycles. The lowest BCUT2D eigenvalue weighted by molar-refractivity contribution is -0.117. The minimum Gasteiger partial charge on any atom is -0.474 e. The van der Waals surface area contributed by atoms with Gasteiger partial charge in [-0.25, -0.2) is 14.2 Å². The van der Waals surface area contributed by atoms with Crippen LogP contribution in [0.3, 0.4) is 0 Å². The molecule has 2 aliphatic rings. The first-order chi connectivity index (χ1) is 14.5. The van der Waals surface area contributed by atoms with Crippen LogP contribution in [0.15, 0.2) is 36.5 Å². The third-order valence-electron chi connectivity index (χ3n) is 5.14. The molecule has 0 radical (unpaired) electrons. The third-order valence-corrected chi connectivity index (χ3v) is 5.43. The Hall–Kier alpha value is -2.87. The number of rotatable bonds is 5. The van der Waals surface area contributed by atoms with Gasteiger partial charge in [-0.1, -0.05) is 11.6 Å². The molecular formula is C21H22ClFN4O3. The van der Waals surface area contributed by atoms with Gasteiger partial charge in [0.15, 0.2) is 0 Å². The number of pyridine rings is 1. The van der Waals surface area contributed by atoms with Gasteiger partial charge in [0.1, 0.15) is 11.9 Å². The summed E-state index contributed by atoms with van der Waals surface area (Å²) in [6.07, 6.45) is 4.78. The number of nitrogens with one attached hydrogen (secondary N) is 2. The molecule has 4 rings (SSSR count). The average Bonchev–Trinajstić information content (AvgIpc) is 3.58. The fraction of sp³-hybridized carbons (Fsp3) is 0.381. The second-order valence-corrected chi connectivity index (χ2v) is 7.92. The summed E-state index contributed by atoms with van der Waals surface area (Å²) in [5.74, 6) is 0.144. The molecule has 2 fully saturated rings. The lowest BCUT2D eigenvalue weighted by atomic mass is 10.1. The number of carbonyl (C=O) groups is 2. The van der Waals surface area contributed by atoms with Gasteiger partial charge < -0.3 is 20.3 Å². The Kier molecular flexibility index (Phi) is 6.03. The Morgan fingerprint density at radius 2 is 1.80 bits per heavy atom. The highest BCUT2D eigenvalue weighted by molar-refractivity contribution is 6.31. The molecule has 7 nitrogen and oxygen atoms in total. The van der Waals surface area contributed by atoms with E-state index in [2.05, 4.69) is 15.6 Å². The zero-order valence-corrected chi connectivity index (χ0v) is 17.0. The number of likely N-dealkylation sites (tertiary alicyclic amines) is 1. The summed E-state index contributed by atoms with van der Waals surface area (Å²) in [6.45, 7) is 1.06. The zero-order chi connectivity index (χ0) is 21.1. The maximum Gasteiger partial charge on any atom is 0.321 e. The lowest BCUT2D eigenvalue weighted by Crippen LogP contribution is -2.43. The van der Waals surface area contributed by atoms with Gasteiger partial charge in [0.25, 0.3) is 0 Å². The van der Waals surface area contributed by atoms with E-state index in [0.717, 1.165) is 12.8 Å². The first-order valence-corrected chi connectivity index (χ1v) is 10.3. The van der Waals surface area contributed by atoms with Crippen LogP contribution in [0.25, 0.3) is 0 Å². The molecular weight excluding hydrogens is 411 g/mol. The van der Waals surface area contributed by atoms with Crippen LogP contribution >= 0.6 is 11.6 Å². The topological polar surface area (TPSA) is 83.6 Å². The maximum absolute atomic E-state index is 13.2. The van der Waals surface area contributed by atoms with E-state index in [4.69, 9.17) is 16.3 Å². The van der Waals surface area contributed by atoms with Crippen molar-refractivity contribution in [1.82, 2.24) is 9.88 Å². The molecule has 0 atom stereocenters. The number of nitrogens with zero attached hydrogens (tertiary/aromatic N) is 2. The van der Waals surface area contributed by atoms with Gasteiger partial charge in [-0.3, -0.25) is 4.79 Å². The van der Waals surface area contributed by atoms with Crippen molar-refractivity contribution in [3.8, 4) is 5.88 Å². The van der Waals surface area contributed by atoms with Gasteiger partial charge in [-0.2, -0.15) is 0 Å². The molecule has 0 spiro atoms. The molecule has 1 saturated heterocycles. The first kappa shape index (κ1) is 20.4. The van der Waals surface area contributed by atoms with Gasteiger partial charge >= 0.3 is 6.03 Å². The molecule has 3 amide bonds. The van der Waals surface area contributed by atoms with E-state index >= 15 is 0 Å². The zero-order valence-electron chi connectivity index (χ0n) is 16.2. The minimum atomic E-state index is -0.528. The highest BCUT2D eigenvalue weighted by Crippen LogP contribution is 2.30. The third kappa shape index (κ3) is 5.18. The van der Waals surface area contributed by atoms with E-state index in [1.165, 1.54) is 18.2 Å². The Labute approximate surface area is 178 Å². The van der Waals surface area contributed by atoms with Gasteiger partial charge in [-0.05, 0) is 37.1 Å². The fourth-order valence-electron chi connectivity index (χ4n) is 3.24. The number of ether oxygens (including phenoxy) is 1. The number of hydrogen-bond donors (Lipinski definition) is 2.